The van der Waals surface area contributed by atoms with E-state index in [-0.39, 0.29) is 29.5 Å². The molecule has 2 unspecified atom stereocenters. The Bertz CT molecular complexity index is 1240. The van der Waals surface area contributed by atoms with Crippen LogP contribution < -0.4 is 0 Å². The van der Waals surface area contributed by atoms with Crippen molar-refractivity contribution in [1.29, 1.82) is 0 Å². The van der Waals surface area contributed by atoms with Crippen LogP contribution in [0.5, 0.6) is 0 Å². The molecule has 2 atom stereocenters. The highest BCUT2D eigenvalue weighted by molar-refractivity contribution is 7.89. The number of hydrogen-bond donors (Lipinski definition) is 0. The van der Waals surface area contributed by atoms with Crippen LogP contribution in [0.25, 0.3) is 0 Å². The van der Waals surface area contributed by atoms with E-state index >= 15 is 0 Å². The predicted molar refractivity (Wildman–Crippen MR) is 146 cm³/mol. The Kier molecular flexibility index (Phi) is 7.91. The van der Waals surface area contributed by atoms with E-state index in [0.717, 1.165) is 5.56 Å². The first-order valence-electron chi connectivity index (χ1n) is 13.2. The van der Waals surface area contributed by atoms with Gasteiger partial charge in [0, 0.05) is 26.2 Å². The molecule has 2 amide bonds. The molecule has 0 aliphatic carbocycles. The van der Waals surface area contributed by atoms with Gasteiger partial charge in [-0.2, -0.15) is 4.31 Å². The molecule has 2 aromatic carbocycles. The summed E-state index contributed by atoms with van der Waals surface area (Å²) in [5, 5.41) is 0. The maximum atomic E-state index is 13.9. The molecule has 38 heavy (non-hydrogen) atoms. The second kappa shape index (κ2) is 10.7. The number of ether oxygens (including phenoxy) is 1. The van der Waals surface area contributed by atoms with Gasteiger partial charge in [0.05, 0.1) is 22.4 Å². The predicted octanol–water partition coefficient (Wildman–Crippen LogP) is 4.69. The molecule has 0 aromatic heterocycles. The van der Waals surface area contributed by atoms with Gasteiger partial charge in [-0.1, -0.05) is 48.5 Å². The van der Waals surface area contributed by atoms with Crippen LogP contribution in [0.2, 0.25) is 0 Å². The summed E-state index contributed by atoms with van der Waals surface area (Å²) in [5.41, 5.74) is -0.297. The lowest BCUT2D eigenvalue weighted by Gasteiger charge is -2.49. The summed E-state index contributed by atoms with van der Waals surface area (Å²) >= 11 is 0. The summed E-state index contributed by atoms with van der Waals surface area (Å²) in [6.45, 7) is 10.6. The Labute approximate surface area is 226 Å². The number of piperazine rings is 1. The van der Waals surface area contributed by atoms with Crippen LogP contribution in [0.3, 0.4) is 0 Å². The Morgan fingerprint density at radius 3 is 2.11 bits per heavy atom. The highest BCUT2D eigenvalue weighted by Gasteiger charge is 2.45. The van der Waals surface area contributed by atoms with Gasteiger partial charge in [-0.25, -0.2) is 13.2 Å². The van der Waals surface area contributed by atoms with Crippen molar-refractivity contribution in [2.24, 2.45) is 5.92 Å². The summed E-state index contributed by atoms with van der Waals surface area (Å²) in [7, 11) is -3.83. The Balaban J connectivity index is 1.56. The van der Waals surface area contributed by atoms with Crippen molar-refractivity contribution in [3.8, 4) is 0 Å². The largest absolute Gasteiger partial charge is 0.444 e. The lowest BCUT2D eigenvalue weighted by atomic mass is 9.88. The molecule has 0 radical (unpaired) electrons. The summed E-state index contributed by atoms with van der Waals surface area (Å²) < 4.78 is 34.7. The highest BCUT2D eigenvalue weighted by atomic mass is 32.2. The zero-order chi connectivity index (χ0) is 27.7. The minimum atomic E-state index is -3.83. The van der Waals surface area contributed by atoms with Gasteiger partial charge < -0.3 is 14.5 Å². The molecule has 9 heteroatoms. The van der Waals surface area contributed by atoms with E-state index in [0.29, 0.717) is 32.5 Å². The smallest absolute Gasteiger partial charge is 0.410 e. The number of carbonyl (C=O) groups excluding carboxylic acids is 2. The van der Waals surface area contributed by atoms with Crippen LogP contribution in [0, 0.1) is 5.92 Å². The standard InChI is InChI=1S/C29H39N3O5S/c1-28(2,3)37-27(34)30-18-19-31(29(4,5)21-30)26(33)23-16-17-25(22-12-8-6-9-13-22)32(20-23)38(35,36)24-14-10-7-11-15-24/h6-15,23,25H,16-21H2,1-5H3. The number of hydrogen-bond acceptors (Lipinski definition) is 5. The van der Waals surface area contributed by atoms with Crippen molar-refractivity contribution in [1.82, 2.24) is 14.1 Å². The molecule has 0 N–H and O–H groups in total. The lowest BCUT2D eigenvalue weighted by molar-refractivity contribution is -0.146. The average molecular weight is 542 g/mol. The fourth-order valence-electron chi connectivity index (χ4n) is 5.41. The van der Waals surface area contributed by atoms with Gasteiger partial charge in [0.25, 0.3) is 0 Å². The zero-order valence-electron chi connectivity index (χ0n) is 23.0. The molecule has 2 aliphatic heterocycles. The summed E-state index contributed by atoms with van der Waals surface area (Å²) in [6.07, 6.45) is 0.743. The molecule has 2 aromatic rings. The third kappa shape index (κ3) is 6.04. The zero-order valence-corrected chi connectivity index (χ0v) is 23.8. The van der Waals surface area contributed by atoms with E-state index in [1.807, 2.05) is 69.9 Å². The quantitative estimate of drug-likeness (QED) is 0.561. The van der Waals surface area contributed by atoms with Crippen molar-refractivity contribution in [2.75, 3.05) is 26.2 Å². The molecule has 0 spiro atoms. The molecule has 206 valence electrons. The Morgan fingerprint density at radius 2 is 1.53 bits per heavy atom. The monoisotopic (exact) mass is 541 g/mol. The average Bonchev–Trinajstić information content (AvgIpc) is 2.87. The van der Waals surface area contributed by atoms with Crippen molar-refractivity contribution in [3.05, 3.63) is 66.2 Å². The Morgan fingerprint density at radius 1 is 0.921 bits per heavy atom. The van der Waals surface area contributed by atoms with E-state index in [9.17, 15) is 18.0 Å². The van der Waals surface area contributed by atoms with Gasteiger partial charge >= 0.3 is 6.09 Å². The van der Waals surface area contributed by atoms with E-state index < -0.39 is 27.1 Å². The second-order valence-corrected chi connectivity index (χ2v) is 13.7. The third-order valence-corrected chi connectivity index (χ3v) is 9.13. The number of amides is 2. The first kappa shape index (κ1) is 28.1. The maximum Gasteiger partial charge on any atom is 0.410 e. The van der Waals surface area contributed by atoms with E-state index in [1.165, 1.54) is 4.31 Å². The van der Waals surface area contributed by atoms with Gasteiger partial charge in [-0.05, 0) is 65.2 Å². The molecular weight excluding hydrogens is 502 g/mol. The van der Waals surface area contributed by atoms with Crippen molar-refractivity contribution in [2.45, 2.75) is 69.5 Å². The Hall–Kier alpha value is -2.91. The molecule has 0 bridgehead atoms. The van der Waals surface area contributed by atoms with Gasteiger partial charge in [-0.3, -0.25) is 4.79 Å². The molecular formula is C29H39N3O5S. The van der Waals surface area contributed by atoms with Crippen molar-refractivity contribution < 1.29 is 22.7 Å². The van der Waals surface area contributed by atoms with Gasteiger partial charge in [0.2, 0.25) is 15.9 Å². The normalized spacial score (nSPS) is 22.7. The second-order valence-electron chi connectivity index (χ2n) is 11.8. The van der Waals surface area contributed by atoms with Crippen LogP contribution in [-0.2, 0) is 19.6 Å². The molecule has 2 aliphatic rings. The minimum absolute atomic E-state index is 0.0707. The molecule has 4 rings (SSSR count). The topological polar surface area (TPSA) is 87.2 Å². The van der Waals surface area contributed by atoms with E-state index in [4.69, 9.17) is 4.74 Å². The van der Waals surface area contributed by atoms with Gasteiger partial charge in [0.15, 0.2) is 0 Å². The van der Waals surface area contributed by atoms with Crippen LogP contribution in [-0.4, -0.2) is 71.8 Å². The first-order valence-corrected chi connectivity index (χ1v) is 14.6. The number of carbonyl (C=O) groups is 2. The molecule has 8 nitrogen and oxygen atoms in total. The number of benzene rings is 2. The summed E-state index contributed by atoms with van der Waals surface area (Å²) in [6, 6.07) is 17.7. The molecule has 0 saturated carbocycles. The highest BCUT2D eigenvalue weighted by Crippen LogP contribution is 2.39. The number of rotatable bonds is 4. The third-order valence-electron chi connectivity index (χ3n) is 7.24. The summed E-state index contributed by atoms with van der Waals surface area (Å²) in [5.74, 6) is -0.542. The maximum absolute atomic E-state index is 13.9. The summed E-state index contributed by atoms with van der Waals surface area (Å²) in [4.78, 5) is 30.2. The van der Waals surface area contributed by atoms with E-state index in [2.05, 4.69) is 0 Å². The fourth-order valence-corrected chi connectivity index (χ4v) is 7.12. The number of nitrogens with zero attached hydrogens (tertiary/aromatic N) is 3. The molecule has 2 fully saturated rings. The van der Waals surface area contributed by atoms with Crippen LogP contribution >= 0.6 is 0 Å². The first-order chi connectivity index (χ1) is 17.8. The molecule has 2 heterocycles. The van der Waals surface area contributed by atoms with Crippen LogP contribution in [0.1, 0.15) is 59.1 Å². The fraction of sp³-hybridized carbons (Fsp3) is 0.517. The van der Waals surface area contributed by atoms with E-state index in [1.54, 1.807) is 35.2 Å². The number of sulfonamides is 1. The van der Waals surface area contributed by atoms with Gasteiger partial charge in [0.1, 0.15) is 5.60 Å². The minimum Gasteiger partial charge on any atom is -0.444 e. The van der Waals surface area contributed by atoms with Crippen molar-refractivity contribution in [3.63, 3.8) is 0 Å². The SMILES string of the molecule is CC(C)(C)OC(=O)N1CCN(C(=O)C2CCC(c3ccccc3)N(S(=O)(=O)c3ccccc3)C2)C(C)(C)C1. The lowest BCUT2D eigenvalue weighted by Crippen LogP contribution is -2.64. The van der Waals surface area contributed by atoms with Crippen LogP contribution in [0.15, 0.2) is 65.6 Å². The number of piperidine rings is 1. The van der Waals surface area contributed by atoms with Crippen LogP contribution in [0.4, 0.5) is 4.79 Å². The van der Waals surface area contributed by atoms with Gasteiger partial charge in [-0.15, -0.1) is 0 Å². The molecule has 2 saturated heterocycles. The van der Waals surface area contributed by atoms with Crippen molar-refractivity contribution >= 4 is 22.0 Å².